The molecule has 0 aromatic heterocycles. The van der Waals surface area contributed by atoms with Gasteiger partial charge in [0.15, 0.2) is 0 Å². The Bertz CT molecular complexity index is 608. The fourth-order valence-corrected chi connectivity index (χ4v) is 2.35. The van der Waals surface area contributed by atoms with Gasteiger partial charge in [0.25, 0.3) is 0 Å². The summed E-state index contributed by atoms with van der Waals surface area (Å²) in [5.41, 5.74) is 8.04. The molecule has 0 heterocycles. The average molecular weight is 294 g/mol. The Morgan fingerprint density at radius 2 is 1.58 bits per heavy atom. The molecule has 0 fully saturated rings. The van der Waals surface area contributed by atoms with E-state index in [1.54, 1.807) is 31.2 Å². The Morgan fingerprint density at radius 3 is 2.11 bits per heavy atom. The number of benzene rings is 2. The zero-order valence-corrected chi connectivity index (χ0v) is 11.9. The van der Waals surface area contributed by atoms with E-state index in [2.05, 4.69) is 0 Å². The minimum Gasteiger partial charge on any atom is -0.399 e. The lowest BCUT2D eigenvalue weighted by Crippen LogP contribution is -2.10. The van der Waals surface area contributed by atoms with Gasteiger partial charge in [0.2, 0.25) is 0 Å². The Hall–Kier alpha value is -1.51. The molecule has 0 aliphatic heterocycles. The molecule has 0 bridgehead atoms. The Morgan fingerprint density at radius 1 is 1.00 bits per heavy atom. The molecule has 19 heavy (non-hydrogen) atoms. The second-order valence-corrected chi connectivity index (χ2v) is 5.20. The molecular formula is C15H13Cl2NO. The van der Waals surface area contributed by atoms with E-state index in [-0.39, 0.29) is 11.7 Å². The number of rotatable bonds is 3. The van der Waals surface area contributed by atoms with Gasteiger partial charge in [-0.2, -0.15) is 0 Å². The second-order valence-electron chi connectivity index (χ2n) is 4.38. The summed E-state index contributed by atoms with van der Waals surface area (Å²) < 4.78 is 0. The lowest BCUT2D eigenvalue weighted by atomic mass is 9.88. The third kappa shape index (κ3) is 3.09. The number of Topliss-reactive ketones (excluding diaryl/α,β-unsaturated/α-hetero) is 1. The number of carbonyl (C=O) groups is 1. The minimum absolute atomic E-state index is 0.0446. The molecule has 0 amide bonds. The van der Waals surface area contributed by atoms with Gasteiger partial charge in [-0.05, 0) is 42.3 Å². The number of carbonyl (C=O) groups excluding carboxylic acids is 1. The van der Waals surface area contributed by atoms with Crippen LogP contribution in [0.5, 0.6) is 0 Å². The summed E-state index contributed by atoms with van der Waals surface area (Å²) in [7, 11) is 0. The van der Waals surface area contributed by atoms with Gasteiger partial charge in [0, 0.05) is 5.69 Å². The van der Waals surface area contributed by atoms with Crippen molar-refractivity contribution >= 4 is 34.7 Å². The molecule has 2 aromatic rings. The van der Waals surface area contributed by atoms with Crippen LogP contribution < -0.4 is 5.73 Å². The highest BCUT2D eigenvalue weighted by Gasteiger charge is 2.19. The first-order valence-corrected chi connectivity index (χ1v) is 6.55. The highest BCUT2D eigenvalue weighted by molar-refractivity contribution is 6.42. The highest BCUT2D eigenvalue weighted by atomic mass is 35.5. The van der Waals surface area contributed by atoms with Gasteiger partial charge in [-0.1, -0.05) is 41.4 Å². The summed E-state index contributed by atoms with van der Waals surface area (Å²) >= 11 is 11.9. The Balaban J connectivity index is 2.48. The summed E-state index contributed by atoms with van der Waals surface area (Å²) in [6.45, 7) is 1.56. The number of anilines is 1. The van der Waals surface area contributed by atoms with Crippen molar-refractivity contribution in [2.75, 3.05) is 5.73 Å². The van der Waals surface area contributed by atoms with Crippen molar-refractivity contribution in [2.24, 2.45) is 0 Å². The normalized spacial score (nSPS) is 12.2. The molecule has 2 rings (SSSR count). The molecule has 1 unspecified atom stereocenters. The summed E-state index contributed by atoms with van der Waals surface area (Å²) in [6.07, 6.45) is 0. The number of halogens is 2. The van der Waals surface area contributed by atoms with Crippen molar-refractivity contribution in [3.63, 3.8) is 0 Å². The monoisotopic (exact) mass is 293 g/mol. The standard InChI is InChI=1S/C15H13Cl2NO/c1-9(19)15(10-2-5-12(18)6-3-10)11-4-7-13(16)14(17)8-11/h2-8,15H,18H2,1H3. The topological polar surface area (TPSA) is 43.1 Å². The highest BCUT2D eigenvalue weighted by Crippen LogP contribution is 2.31. The smallest absolute Gasteiger partial charge is 0.141 e. The van der Waals surface area contributed by atoms with Gasteiger partial charge < -0.3 is 5.73 Å². The first kappa shape index (κ1) is 13.9. The quantitative estimate of drug-likeness (QED) is 0.858. The first-order valence-electron chi connectivity index (χ1n) is 5.80. The fraction of sp³-hybridized carbons (Fsp3) is 0.133. The summed E-state index contributed by atoms with van der Waals surface area (Å²) in [6, 6.07) is 12.5. The van der Waals surface area contributed by atoms with Crippen molar-refractivity contribution in [1.29, 1.82) is 0 Å². The van der Waals surface area contributed by atoms with Crippen LogP contribution in [0.4, 0.5) is 5.69 Å². The van der Waals surface area contributed by atoms with Gasteiger partial charge in [0.05, 0.1) is 16.0 Å². The lowest BCUT2D eigenvalue weighted by Gasteiger charge is -2.15. The third-order valence-electron chi connectivity index (χ3n) is 2.95. The van der Waals surface area contributed by atoms with Gasteiger partial charge in [-0.25, -0.2) is 0 Å². The van der Waals surface area contributed by atoms with Crippen molar-refractivity contribution in [3.05, 3.63) is 63.6 Å². The van der Waals surface area contributed by atoms with Gasteiger partial charge >= 0.3 is 0 Å². The Kier molecular flexibility index (Phi) is 4.13. The van der Waals surface area contributed by atoms with Crippen LogP contribution >= 0.6 is 23.2 Å². The molecule has 0 aliphatic carbocycles. The number of hydrogen-bond acceptors (Lipinski definition) is 2. The van der Waals surface area contributed by atoms with Crippen molar-refractivity contribution in [1.82, 2.24) is 0 Å². The van der Waals surface area contributed by atoms with Crippen LogP contribution in [0.3, 0.4) is 0 Å². The van der Waals surface area contributed by atoms with Gasteiger partial charge in [-0.3, -0.25) is 4.79 Å². The molecule has 1 atom stereocenters. The molecule has 0 aliphatic rings. The minimum atomic E-state index is -0.352. The number of ketones is 1. The van der Waals surface area contributed by atoms with E-state index in [9.17, 15) is 4.79 Å². The van der Waals surface area contributed by atoms with Crippen molar-refractivity contribution in [3.8, 4) is 0 Å². The molecule has 2 aromatic carbocycles. The van der Waals surface area contributed by atoms with E-state index in [0.29, 0.717) is 15.7 Å². The molecule has 2 N–H and O–H groups in total. The maximum absolute atomic E-state index is 11.9. The van der Waals surface area contributed by atoms with E-state index in [1.165, 1.54) is 0 Å². The predicted molar refractivity (Wildman–Crippen MR) is 79.8 cm³/mol. The van der Waals surface area contributed by atoms with Crippen LogP contribution in [0.25, 0.3) is 0 Å². The molecule has 0 saturated heterocycles. The fourth-order valence-electron chi connectivity index (χ4n) is 2.04. The summed E-state index contributed by atoms with van der Waals surface area (Å²) in [4.78, 5) is 11.9. The predicted octanol–water partition coefficient (Wildman–Crippen LogP) is 4.30. The maximum atomic E-state index is 11.9. The molecular weight excluding hydrogens is 281 g/mol. The number of nitrogens with two attached hydrogens (primary N) is 1. The van der Waals surface area contributed by atoms with E-state index < -0.39 is 0 Å². The van der Waals surface area contributed by atoms with Crippen molar-refractivity contribution < 1.29 is 4.79 Å². The van der Waals surface area contributed by atoms with Crippen LogP contribution in [0, 0.1) is 0 Å². The molecule has 98 valence electrons. The average Bonchev–Trinajstić information content (AvgIpc) is 2.36. The van der Waals surface area contributed by atoms with Crippen LogP contribution in [0.1, 0.15) is 24.0 Å². The number of nitrogen functional groups attached to an aromatic ring is 1. The maximum Gasteiger partial charge on any atom is 0.141 e. The largest absolute Gasteiger partial charge is 0.399 e. The van der Waals surface area contributed by atoms with E-state index in [4.69, 9.17) is 28.9 Å². The summed E-state index contributed by atoms with van der Waals surface area (Å²) in [5, 5.41) is 0.922. The van der Waals surface area contributed by atoms with Gasteiger partial charge in [-0.15, -0.1) is 0 Å². The van der Waals surface area contributed by atoms with E-state index >= 15 is 0 Å². The van der Waals surface area contributed by atoms with E-state index in [1.807, 2.05) is 18.2 Å². The number of hydrogen-bond donors (Lipinski definition) is 1. The SMILES string of the molecule is CC(=O)C(c1ccc(N)cc1)c1ccc(Cl)c(Cl)c1. The summed E-state index contributed by atoms with van der Waals surface area (Å²) in [5.74, 6) is -0.307. The van der Waals surface area contributed by atoms with Crippen LogP contribution in [-0.2, 0) is 4.79 Å². The second kappa shape index (κ2) is 5.64. The van der Waals surface area contributed by atoms with Crippen LogP contribution in [-0.4, -0.2) is 5.78 Å². The first-order chi connectivity index (χ1) is 8.99. The van der Waals surface area contributed by atoms with Gasteiger partial charge in [0.1, 0.15) is 5.78 Å². The molecule has 0 saturated carbocycles. The molecule has 0 spiro atoms. The third-order valence-corrected chi connectivity index (χ3v) is 3.69. The van der Waals surface area contributed by atoms with Crippen LogP contribution in [0.15, 0.2) is 42.5 Å². The van der Waals surface area contributed by atoms with E-state index in [0.717, 1.165) is 11.1 Å². The molecule has 2 nitrogen and oxygen atoms in total. The van der Waals surface area contributed by atoms with Crippen LogP contribution in [0.2, 0.25) is 10.0 Å². The molecule has 0 radical (unpaired) electrons. The molecule has 4 heteroatoms. The zero-order valence-electron chi connectivity index (χ0n) is 10.4. The van der Waals surface area contributed by atoms with Crippen molar-refractivity contribution in [2.45, 2.75) is 12.8 Å². The lowest BCUT2D eigenvalue weighted by molar-refractivity contribution is -0.117. The Labute approximate surface area is 122 Å². The zero-order chi connectivity index (χ0) is 14.0.